The third-order valence-corrected chi connectivity index (χ3v) is 10.0. The molecule has 0 saturated heterocycles. The minimum absolute atomic E-state index is 0.0239. The Morgan fingerprint density at radius 2 is 1.51 bits per heavy atom. The maximum absolute atomic E-state index is 14.5. The molecule has 0 aliphatic carbocycles. The van der Waals surface area contributed by atoms with Crippen LogP contribution in [0.1, 0.15) is 29.2 Å². The molecule has 4 aromatic rings. The molecule has 0 fully saturated rings. The second-order valence-corrected chi connectivity index (χ2v) is 13.7. The summed E-state index contributed by atoms with van der Waals surface area (Å²) >= 11 is 18.7. The number of benzene rings is 4. The average Bonchev–Trinajstić information content (AvgIpc) is 3.00. The molecule has 0 aromatic heterocycles. The van der Waals surface area contributed by atoms with Gasteiger partial charge < -0.3 is 10.2 Å². The maximum Gasteiger partial charge on any atom is 0.264 e. The lowest BCUT2D eigenvalue weighted by molar-refractivity contribution is -0.140. The number of anilines is 1. The number of likely N-dealkylation sites (N-methyl/N-ethyl adjacent to an activating group) is 1. The van der Waals surface area contributed by atoms with Gasteiger partial charge in [-0.25, -0.2) is 8.42 Å². The molecule has 0 unspecified atom stereocenters. The number of carbonyl (C=O) groups excluding carboxylic acids is 2. The van der Waals surface area contributed by atoms with Gasteiger partial charge in [-0.1, -0.05) is 88.9 Å². The summed E-state index contributed by atoms with van der Waals surface area (Å²) in [4.78, 5) is 29.5. The van der Waals surface area contributed by atoms with Crippen LogP contribution in [0, 0.1) is 13.8 Å². The van der Waals surface area contributed by atoms with Gasteiger partial charge in [0.15, 0.2) is 0 Å². The molecule has 4 aromatic carbocycles. The van der Waals surface area contributed by atoms with Gasteiger partial charge in [0.2, 0.25) is 11.8 Å². The molecule has 45 heavy (non-hydrogen) atoms. The Balaban J connectivity index is 1.83. The highest BCUT2D eigenvalue weighted by atomic mass is 35.5. The average molecular weight is 687 g/mol. The Morgan fingerprint density at radius 3 is 2.13 bits per heavy atom. The van der Waals surface area contributed by atoms with Crippen molar-refractivity contribution in [2.75, 3.05) is 17.4 Å². The van der Waals surface area contributed by atoms with Crippen molar-refractivity contribution < 1.29 is 18.0 Å². The number of amides is 2. The lowest BCUT2D eigenvalue weighted by Gasteiger charge is -2.34. The second kappa shape index (κ2) is 15.1. The van der Waals surface area contributed by atoms with E-state index in [1.54, 1.807) is 62.4 Å². The SMILES string of the molecule is CCNC(=O)[C@H](Cc1ccccc1)N(Cc1ccc(Cl)c(Cl)c1)C(=O)CN(c1ccc(Cl)cc1C)S(=O)(=O)c1ccc(C)cc1. The highest BCUT2D eigenvalue weighted by Gasteiger charge is 2.35. The van der Waals surface area contributed by atoms with Gasteiger partial charge in [0.05, 0.1) is 20.6 Å². The van der Waals surface area contributed by atoms with E-state index in [2.05, 4.69) is 5.32 Å². The van der Waals surface area contributed by atoms with E-state index in [-0.39, 0.29) is 23.8 Å². The summed E-state index contributed by atoms with van der Waals surface area (Å²) in [5.41, 5.74) is 3.19. The first kappa shape index (κ1) is 34.3. The van der Waals surface area contributed by atoms with E-state index in [9.17, 15) is 18.0 Å². The quantitative estimate of drug-likeness (QED) is 0.170. The number of hydrogen-bond acceptors (Lipinski definition) is 4. The number of nitrogens with zero attached hydrogens (tertiary/aromatic N) is 2. The largest absolute Gasteiger partial charge is 0.355 e. The van der Waals surface area contributed by atoms with Crippen LogP contribution >= 0.6 is 34.8 Å². The van der Waals surface area contributed by atoms with Crippen LogP contribution in [-0.4, -0.2) is 44.3 Å². The first-order chi connectivity index (χ1) is 21.4. The van der Waals surface area contributed by atoms with E-state index in [0.29, 0.717) is 38.4 Å². The van der Waals surface area contributed by atoms with E-state index < -0.39 is 28.5 Å². The van der Waals surface area contributed by atoms with E-state index in [0.717, 1.165) is 15.4 Å². The summed E-state index contributed by atoms with van der Waals surface area (Å²) in [6.07, 6.45) is 0.199. The molecule has 0 aliphatic heterocycles. The smallest absolute Gasteiger partial charge is 0.264 e. The number of sulfonamides is 1. The van der Waals surface area contributed by atoms with Crippen LogP contribution in [0.5, 0.6) is 0 Å². The minimum atomic E-state index is -4.23. The van der Waals surface area contributed by atoms with Gasteiger partial charge in [-0.15, -0.1) is 0 Å². The molecule has 1 N–H and O–H groups in total. The Labute approximate surface area is 279 Å². The minimum Gasteiger partial charge on any atom is -0.355 e. The van der Waals surface area contributed by atoms with Gasteiger partial charge in [0, 0.05) is 24.5 Å². The van der Waals surface area contributed by atoms with Crippen molar-refractivity contribution in [2.45, 2.75) is 44.7 Å². The summed E-state index contributed by atoms with van der Waals surface area (Å²) in [6, 6.07) is 24.5. The van der Waals surface area contributed by atoms with Crippen LogP contribution in [0.15, 0.2) is 95.9 Å². The molecule has 0 aliphatic rings. The van der Waals surface area contributed by atoms with Crippen LogP contribution in [0.25, 0.3) is 0 Å². The maximum atomic E-state index is 14.5. The fourth-order valence-corrected chi connectivity index (χ4v) is 6.96. The van der Waals surface area contributed by atoms with Crippen LogP contribution in [0.3, 0.4) is 0 Å². The van der Waals surface area contributed by atoms with Gasteiger partial charge in [-0.05, 0) is 79.9 Å². The predicted octanol–water partition coefficient (Wildman–Crippen LogP) is 7.24. The zero-order valence-electron chi connectivity index (χ0n) is 25.1. The Hall–Kier alpha value is -3.56. The second-order valence-electron chi connectivity index (χ2n) is 10.6. The number of rotatable bonds is 12. The van der Waals surface area contributed by atoms with Crippen LogP contribution in [-0.2, 0) is 32.6 Å². The van der Waals surface area contributed by atoms with Gasteiger partial charge >= 0.3 is 0 Å². The number of hydrogen-bond donors (Lipinski definition) is 1. The summed E-state index contributed by atoms with van der Waals surface area (Å²) in [5, 5.41) is 3.90. The van der Waals surface area contributed by atoms with E-state index in [4.69, 9.17) is 34.8 Å². The third kappa shape index (κ3) is 8.58. The monoisotopic (exact) mass is 685 g/mol. The highest BCUT2D eigenvalue weighted by molar-refractivity contribution is 7.92. The molecule has 236 valence electrons. The molecular weight excluding hydrogens is 653 g/mol. The lowest BCUT2D eigenvalue weighted by Crippen LogP contribution is -2.53. The fraction of sp³-hybridized carbons (Fsp3) is 0.235. The topological polar surface area (TPSA) is 86.8 Å². The predicted molar refractivity (Wildman–Crippen MR) is 182 cm³/mol. The molecule has 0 bridgehead atoms. The van der Waals surface area contributed by atoms with Crippen molar-refractivity contribution in [3.8, 4) is 0 Å². The number of aryl methyl sites for hydroxylation is 2. The molecule has 2 amide bonds. The number of halogens is 3. The molecule has 7 nitrogen and oxygen atoms in total. The van der Waals surface area contributed by atoms with Crippen molar-refractivity contribution in [3.05, 3.63) is 128 Å². The fourth-order valence-electron chi connectivity index (χ4n) is 4.93. The molecule has 0 spiro atoms. The van der Waals surface area contributed by atoms with E-state index >= 15 is 0 Å². The molecule has 11 heteroatoms. The summed E-state index contributed by atoms with van der Waals surface area (Å²) in [5.74, 6) is -0.955. The molecular formula is C34H34Cl3N3O4S. The Morgan fingerprint density at radius 1 is 0.822 bits per heavy atom. The zero-order valence-corrected chi connectivity index (χ0v) is 28.2. The van der Waals surface area contributed by atoms with Gasteiger partial charge in [-0.3, -0.25) is 13.9 Å². The van der Waals surface area contributed by atoms with Gasteiger partial charge in [0.25, 0.3) is 10.0 Å². The van der Waals surface area contributed by atoms with Gasteiger partial charge in [0.1, 0.15) is 12.6 Å². The standard InChI is InChI=1S/C34H34Cl3N3O4S/c1-4-38-34(42)32(20-25-8-6-5-7-9-25)39(21-26-12-16-29(36)30(37)19-26)33(41)22-40(31-17-13-27(35)18-24(31)3)45(43,44)28-14-10-23(2)11-15-28/h5-19,32H,4,20-22H2,1-3H3,(H,38,42)/t32-/m0/s1. The third-order valence-electron chi connectivity index (χ3n) is 7.27. The van der Waals surface area contributed by atoms with Crippen LogP contribution in [0.4, 0.5) is 5.69 Å². The van der Waals surface area contributed by atoms with Crippen molar-refractivity contribution in [3.63, 3.8) is 0 Å². The Kier molecular flexibility index (Phi) is 11.6. The van der Waals surface area contributed by atoms with Crippen molar-refractivity contribution in [1.29, 1.82) is 0 Å². The van der Waals surface area contributed by atoms with E-state index in [1.165, 1.54) is 17.0 Å². The number of carbonyl (C=O) groups is 2. The van der Waals surface area contributed by atoms with Crippen molar-refractivity contribution in [2.24, 2.45) is 0 Å². The zero-order chi connectivity index (χ0) is 32.7. The summed E-state index contributed by atoms with van der Waals surface area (Å²) < 4.78 is 29.4. The molecule has 0 saturated carbocycles. The Bertz CT molecular complexity index is 1770. The molecule has 1 atom stereocenters. The highest BCUT2D eigenvalue weighted by Crippen LogP contribution is 2.30. The first-order valence-corrected chi connectivity index (χ1v) is 16.9. The lowest BCUT2D eigenvalue weighted by atomic mass is 10.0. The first-order valence-electron chi connectivity index (χ1n) is 14.3. The van der Waals surface area contributed by atoms with Crippen molar-refractivity contribution >= 4 is 62.3 Å². The van der Waals surface area contributed by atoms with Gasteiger partial charge in [-0.2, -0.15) is 0 Å². The van der Waals surface area contributed by atoms with E-state index in [1.807, 2.05) is 37.3 Å². The molecule has 0 heterocycles. The number of nitrogens with one attached hydrogen (secondary N) is 1. The summed E-state index contributed by atoms with van der Waals surface area (Å²) in [7, 11) is -4.23. The van der Waals surface area contributed by atoms with Crippen LogP contribution in [0.2, 0.25) is 15.1 Å². The van der Waals surface area contributed by atoms with Crippen molar-refractivity contribution in [1.82, 2.24) is 10.2 Å². The molecule has 0 radical (unpaired) electrons. The molecule has 4 rings (SSSR count). The normalized spacial score (nSPS) is 12.0. The summed E-state index contributed by atoms with van der Waals surface area (Å²) in [6.45, 7) is 5.12. The van der Waals surface area contributed by atoms with Crippen LogP contribution < -0.4 is 9.62 Å².